The van der Waals surface area contributed by atoms with Gasteiger partial charge in [0, 0.05) is 49.8 Å². The molecule has 0 radical (unpaired) electrons. The molecule has 0 bridgehead atoms. The van der Waals surface area contributed by atoms with Crippen LogP contribution in [0.2, 0.25) is 0 Å². The number of piperazine rings is 1. The molecule has 0 aromatic heterocycles. The Hall–Kier alpha value is -1.83. The maximum atomic E-state index is 9.55. The van der Waals surface area contributed by atoms with Crippen molar-refractivity contribution in [3.8, 4) is 0 Å². The highest BCUT2D eigenvalue weighted by molar-refractivity contribution is 7.98. The zero-order chi connectivity index (χ0) is 17.1. The smallest absolute Gasteiger partial charge is 0.328 e. The van der Waals surface area contributed by atoms with Gasteiger partial charge < -0.3 is 15.5 Å². The molecule has 7 heteroatoms. The van der Waals surface area contributed by atoms with E-state index in [-0.39, 0.29) is 0 Å². The molecule has 6 nitrogen and oxygen atoms in total. The molecule has 1 fully saturated rings. The summed E-state index contributed by atoms with van der Waals surface area (Å²) in [7, 11) is 0. The van der Waals surface area contributed by atoms with E-state index in [1.807, 2.05) is 11.8 Å². The lowest BCUT2D eigenvalue weighted by Gasteiger charge is -2.27. The van der Waals surface area contributed by atoms with E-state index in [0.29, 0.717) is 12.2 Å². The Morgan fingerprint density at radius 3 is 2.26 bits per heavy atom. The number of carbonyl (C=O) groups is 2. The Balaban J connectivity index is 0.000000284. The average Bonchev–Trinajstić information content (AvgIpc) is 2.55. The molecular formula is C16H22N2O4S. The predicted octanol–water partition coefficient (Wildman–Crippen LogP) is 1.53. The predicted molar refractivity (Wildman–Crippen MR) is 90.8 cm³/mol. The van der Waals surface area contributed by atoms with Crippen LogP contribution in [-0.4, -0.2) is 59.5 Å². The van der Waals surface area contributed by atoms with Gasteiger partial charge in [0.25, 0.3) is 0 Å². The lowest BCUT2D eigenvalue weighted by atomic mass is 10.2. The summed E-state index contributed by atoms with van der Waals surface area (Å²) in [6, 6.07) is 8.71. The summed E-state index contributed by atoms with van der Waals surface area (Å²) >= 11 is 1.84. The lowest BCUT2D eigenvalue weighted by Crippen LogP contribution is -2.42. The first-order valence-electron chi connectivity index (χ1n) is 7.22. The first kappa shape index (κ1) is 19.2. The molecule has 0 spiro atoms. The zero-order valence-corrected chi connectivity index (χ0v) is 13.9. The van der Waals surface area contributed by atoms with Gasteiger partial charge in [0.15, 0.2) is 0 Å². The van der Waals surface area contributed by atoms with E-state index in [1.54, 1.807) is 0 Å². The average molecular weight is 338 g/mol. The molecule has 1 heterocycles. The van der Waals surface area contributed by atoms with Gasteiger partial charge in [0.2, 0.25) is 0 Å². The van der Waals surface area contributed by atoms with Crippen molar-refractivity contribution in [3.05, 3.63) is 42.0 Å². The van der Waals surface area contributed by atoms with Crippen LogP contribution in [0.3, 0.4) is 0 Å². The fourth-order valence-electron chi connectivity index (χ4n) is 2.09. The minimum Gasteiger partial charge on any atom is -0.478 e. The van der Waals surface area contributed by atoms with E-state index in [2.05, 4.69) is 40.7 Å². The van der Waals surface area contributed by atoms with E-state index >= 15 is 0 Å². The van der Waals surface area contributed by atoms with Crippen LogP contribution >= 0.6 is 11.8 Å². The van der Waals surface area contributed by atoms with Crippen LogP contribution in [0.1, 0.15) is 5.56 Å². The standard InChI is InChI=1S/C12H18N2S.C4H4O4/c1-15-12-5-3-2-4-11(12)10-14-8-6-13-7-9-14;5-3(6)1-2-4(7)8/h2-5,13H,6-10H2,1H3;1-2H,(H,5,6)(H,7,8)/b;2-1-. The fourth-order valence-corrected chi connectivity index (χ4v) is 2.70. The molecule has 0 amide bonds. The van der Waals surface area contributed by atoms with Gasteiger partial charge in [-0.25, -0.2) is 9.59 Å². The Bertz CT molecular complexity index is 527. The fraction of sp³-hybridized carbons (Fsp3) is 0.375. The van der Waals surface area contributed by atoms with Gasteiger partial charge in [-0.1, -0.05) is 18.2 Å². The second kappa shape index (κ2) is 10.8. The summed E-state index contributed by atoms with van der Waals surface area (Å²) in [6.07, 6.45) is 3.27. The molecule has 1 aromatic carbocycles. The van der Waals surface area contributed by atoms with Crippen LogP contribution in [0.15, 0.2) is 41.3 Å². The normalized spacial score (nSPS) is 15.0. The van der Waals surface area contributed by atoms with Crippen LogP contribution in [0.25, 0.3) is 0 Å². The molecule has 1 aliphatic rings. The highest BCUT2D eigenvalue weighted by Gasteiger charge is 2.11. The van der Waals surface area contributed by atoms with Gasteiger partial charge in [-0.05, 0) is 17.9 Å². The molecule has 23 heavy (non-hydrogen) atoms. The van der Waals surface area contributed by atoms with Gasteiger partial charge in [-0.2, -0.15) is 0 Å². The molecule has 1 aliphatic heterocycles. The van der Waals surface area contributed by atoms with E-state index in [9.17, 15) is 9.59 Å². The third-order valence-corrected chi connectivity index (χ3v) is 4.00. The Morgan fingerprint density at radius 2 is 1.74 bits per heavy atom. The molecule has 1 aromatic rings. The van der Waals surface area contributed by atoms with E-state index in [1.165, 1.54) is 23.5 Å². The second-order valence-corrected chi connectivity index (χ2v) is 5.70. The van der Waals surface area contributed by atoms with Crippen LogP contribution < -0.4 is 5.32 Å². The first-order chi connectivity index (χ1) is 11.0. The number of nitrogens with one attached hydrogen (secondary N) is 1. The Kier molecular flexibility index (Phi) is 9.04. The molecule has 0 atom stereocenters. The summed E-state index contributed by atoms with van der Waals surface area (Å²) in [5.74, 6) is -2.51. The minimum atomic E-state index is -1.26. The van der Waals surface area contributed by atoms with Crippen molar-refractivity contribution >= 4 is 23.7 Å². The number of hydrogen-bond acceptors (Lipinski definition) is 5. The lowest BCUT2D eigenvalue weighted by molar-refractivity contribution is -0.134. The maximum Gasteiger partial charge on any atom is 0.328 e. The summed E-state index contributed by atoms with van der Waals surface area (Å²) in [5, 5.41) is 19.0. The Morgan fingerprint density at radius 1 is 1.17 bits per heavy atom. The van der Waals surface area contributed by atoms with Crippen molar-refractivity contribution in [1.82, 2.24) is 10.2 Å². The largest absolute Gasteiger partial charge is 0.478 e. The zero-order valence-electron chi connectivity index (χ0n) is 13.1. The van der Waals surface area contributed by atoms with Gasteiger partial charge in [0.1, 0.15) is 0 Å². The summed E-state index contributed by atoms with van der Waals surface area (Å²) in [6.45, 7) is 5.69. The molecule has 1 saturated heterocycles. The van der Waals surface area contributed by atoms with Crippen molar-refractivity contribution in [1.29, 1.82) is 0 Å². The number of aliphatic carboxylic acids is 2. The van der Waals surface area contributed by atoms with Crippen molar-refractivity contribution in [2.45, 2.75) is 11.4 Å². The number of rotatable bonds is 5. The van der Waals surface area contributed by atoms with Crippen molar-refractivity contribution in [2.24, 2.45) is 0 Å². The topological polar surface area (TPSA) is 89.9 Å². The van der Waals surface area contributed by atoms with Crippen molar-refractivity contribution in [2.75, 3.05) is 32.4 Å². The van der Waals surface area contributed by atoms with Gasteiger partial charge in [-0.15, -0.1) is 11.8 Å². The second-order valence-electron chi connectivity index (χ2n) is 4.85. The SMILES string of the molecule is CSc1ccccc1CN1CCNCC1.O=C(O)/C=C\C(=O)O. The van der Waals surface area contributed by atoms with Crippen LogP contribution in [-0.2, 0) is 16.1 Å². The Labute approximate surface area is 140 Å². The number of thioether (sulfide) groups is 1. The molecular weight excluding hydrogens is 316 g/mol. The van der Waals surface area contributed by atoms with Gasteiger partial charge in [-0.3, -0.25) is 4.90 Å². The molecule has 0 aliphatic carbocycles. The summed E-state index contributed by atoms with van der Waals surface area (Å²) in [5.41, 5.74) is 1.46. The van der Waals surface area contributed by atoms with Crippen molar-refractivity contribution < 1.29 is 19.8 Å². The van der Waals surface area contributed by atoms with Crippen LogP contribution in [0, 0.1) is 0 Å². The summed E-state index contributed by atoms with van der Waals surface area (Å²) in [4.78, 5) is 23.0. The number of carboxylic acid groups (broad SMARTS) is 2. The van der Waals surface area contributed by atoms with Crippen LogP contribution in [0.5, 0.6) is 0 Å². The molecule has 2 rings (SSSR count). The highest BCUT2D eigenvalue weighted by atomic mass is 32.2. The number of nitrogens with zero attached hydrogens (tertiary/aromatic N) is 1. The molecule has 0 unspecified atom stereocenters. The molecule has 0 saturated carbocycles. The van der Waals surface area contributed by atoms with E-state index in [0.717, 1.165) is 19.6 Å². The van der Waals surface area contributed by atoms with Crippen LogP contribution in [0.4, 0.5) is 0 Å². The van der Waals surface area contributed by atoms with E-state index in [4.69, 9.17) is 10.2 Å². The van der Waals surface area contributed by atoms with E-state index < -0.39 is 11.9 Å². The monoisotopic (exact) mass is 338 g/mol. The van der Waals surface area contributed by atoms with Crippen molar-refractivity contribution in [3.63, 3.8) is 0 Å². The first-order valence-corrected chi connectivity index (χ1v) is 8.44. The van der Waals surface area contributed by atoms with Gasteiger partial charge >= 0.3 is 11.9 Å². The third-order valence-electron chi connectivity index (χ3n) is 3.16. The maximum absolute atomic E-state index is 9.55. The summed E-state index contributed by atoms with van der Waals surface area (Å²) < 4.78 is 0. The minimum absolute atomic E-state index is 0.558. The molecule has 3 N–H and O–H groups in total. The number of carboxylic acids is 2. The number of benzene rings is 1. The third kappa shape index (κ3) is 8.39. The molecule has 126 valence electrons. The van der Waals surface area contributed by atoms with Gasteiger partial charge in [0.05, 0.1) is 0 Å². The quantitative estimate of drug-likeness (QED) is 0.554. The highest BCUT2D eigenvalue weighted by Crippen LogP contribution is 2.21. The number of hydrogen-bond donors (Lipinski definition) is 3.